The number of piperazine rings is 1. The lowest BCUT2D eigenvalue weighted by Gasteiger charge is -2.38. The number of aryl methyl sites for hydroxylation is 1. The molecule has 0 atom stereocenters. The lowest BCUT2D eigenvalue weighted by atomic mass is 10.2. The highest BCUT2D eigenvalue weighted by atomic mass is 16.3. The normalized spacial score (nSPS) is 14.5. The fourth-order valence-corrected chi connectivity index (χ4v) is 3.49. The van der Waals surface area contributed by atoms with Crippen LogP contribution < -0.4 is 32.0 Å². The van der Waals surface area contributed by atoms with Crippen LogP contribution in [-0.2, 0) is 0 Å². The molecule has 0 amide bonds. The molecule has 3 rings (SSSR count). The van der Waals surface area contributed by atoms with Crippen LogP contribution in [0.15, 0.2) is 29.4 Å². The monoisotopic (exact) mass is 413 g/mol. The molecule has 1 aromatic carbocycles. The Hall–Kier alpha value is -3.11. The third-order valence-corrected chi connectivity index (χ3v) is 4.96. The molecule has 1 aromatic heterocycles. The zero-order valence-corrected chi connectivity index (χ0v) is 17.4. The second kappa shape index (κ2) is 10.6. The number of nitrogens with zero attached hydrogens (tertiary/aromatic N) is 5. The van der Waals surface area contributed by atoms with Crippen LogP contribution >= 0.6 is 0 Å². The largest absolute Gasteiger partial charge is 0.395 e. The summed E-state index contributed by atoms with van der Waals surface area (Å²) in [4.78, 5) is 12.9. The molecule has 162 valence electrons. The zero-order valence-electron chi connectivity index (χ0n) is 17.4. The van der Waals surface area contributed by atoms with Gasteiger partial charge >= 0.3 is 0 Å². The Morgan fingerprint density at radius 2 is 1.73 bits per heavy atom. The molecule has 2 heterocycles. The predicted octanol–water partition coefficient (Wildman–Crippen LogP) is -0.219. The first-order valence-corrected chi connectivity index (χ1v) is 10.2. The van der Waals surface area contributed by atoms with Crippen LogP contribution in [-0.4, -0.2) is 73.7 Å². The minimum atomic E-state index is 0.147. The number of nitrogens with two attached hydrogens (primary N) is 2. The molecule has 0 unspecified atom stereocenters. The maximum Gasteiger partial charge on any atom is 0.222 e. The standard InChI is InChI=1S/C20H31N9O/c1-15-18(19(21)27-20(22)26-15)29-11-9-28(10-12-29)17-4-2-16(3-5-17)14-25-24-7-6-23-8-13-30/h2-5,14,23-24,30H,6-13H2,1H3,(H4,21,22,26,27)/b25-14+. The first kappa shape index (κ1) is 21.6. The van der Waals surface area contributed by atoms with Gasteiger partial charge in [0.05, 0.1) is 18.5 Å². The number of nitrogen functional groups attached to an aromatic ring is 2. The molecule has 30 heavy (non-hydrogen) atoms. The van der Waals surface area contributed by atoms with E-state index in [-0.39, 0.29) is 12.6 Å². The van der Waals surface area contributed by atoms with Crippen molar-refractivity contribution in [2.45, 2.75) is 6.92 Å². The fraction of sp³-hybridized carbons (Fsp3) is 0.450. The van der Waals surface area contributed by atoms with E-state index in [2.05, 4.69) is 59.9 Å². The lowest BCUT2D eigenvalue weighted by molar-refractivity contribution is 0.292. The minimum Gasteiger partial charge on any atom is -0.395 e. The van der Waals surface area contributed by atoms with Gasteiger partial charge in [0.25, 0.3) is 0 Å². The summed E-state index contributed by atoms with van der Waals surface area (Å²) in [6, 6.07) is 8.36. The highest BCUT2D eigenvalue weighted by Crippen LogP contribution is 2.27. The van der Waals surface area contributed by atoms with Crippen LogP contribution in [0, 0.1) is 6.92 Å². The van der Waals surface area contributed by atoms with E-state index in [1.54, 1.807) is 6.21 Å². The van der Waals surface area contributed by atoms with Crippen molar-refractivity contribution in [3.05, 3.63) is 35.5 Å². The van der Waals surface area contributed by atoms with Gasteiger partial charge in [-0.1, -0.05) is 12.1 Å². The van der Waals surface area contributed by atoms with Crippen molar-refractivity contribution in [2.24, 2.45) is 5.10 Å². The summed E-state index contributed by atoms with van der Waals surface area (Å²) in [5.74, 6) is 0.652. The number of anilines is 4. The highest BCUT2D eigenvalue weighted by molar-refractivity contribution is 5.80. The topological polar surface area (TPSA) is 141 Å². The summed E-state index contributed by atoms with van der Waals surface area (Å²) >= 11 is 0. The molecule has 0 spiro atoms. The third kappa shape index (κ3) is 5.71. The number of benzene rings is 1. The maximum atomic E-state index is 8.70. The van der Waals surface area contributed by atoms with Gasteiger partial charge in [-0.3, -0.25) is 0 Å². The molecule has 0 aliphatic carbocycles. The fourth-order valence-electron chi connectivity index (χ4n) is 3.49. The van der Waals surface area contributed by atoms with Crippen molar-refractivity contribution in [2.75, 3.05) is 73.7 Å². The van der Waals surface area contributed by atoms with Crippen molar-refractivity contribution < 1.29 is 5.11 Å². The lowest BCUT2D eigenvalue weighted by Crippen LogP contribution is -2.47. The predicted molar refractivity (Wildman–Crippen MR) is 122 cm³/mol. The van der Waals surface area contributed by atoms with Gasteiger partial charge in [-0.05, 0) is 24.6 Å². The summed E-state index contributed by atoms with van der Waals surface area (Å²) in [5.41, 5.74) is 18.7. The molecule has 7 N–H and O–H groups in total. The van der Waals surface area contributed by atoms with Gasteiger partial charge in [0, 0.05) is 51.5 Å². The Labute approximate surface area is 177 Å². The second-order valence-electron chi connectivity index (χ2n) is 7.11. The van der Waals surface area contributed by atoms with Crippen molar-refractivity contribution in [3.63, 3.8) is 0 Å². The summed E-state index contributed by atoms with van der Waals surface area (Å²) in [5, 5.41) is 16.0. The number of rotatable bonds is 9. The van der Waals surface area contributed by atoms with Crippen LogP contribution in [0.3, 0.4) is 0 Å². The quantitative estimate of drug-likeness (QED) is 0.214. The molecule has 1 saturated heterocycles. The summed E-state index contributed by atoms with van der Waals surface area (Å²) in [7, 11) is 0. The highest BCUT2D eigenvalue weighted by Gasteiger charge is 2.22. The number of nitrogens with one attached hydrogen (secondary N) is 2. The van der Waals surface area contributed by atoms with Crippen LogP contribution in [0.5, 0.6) is 0 Å². The van der Waals surface area contributed by atoms with Crippen LogP contribution in [0.1, 0.15) is 11.3 Å². The molecule has 10 nitrogen and oxygen atoms in total. The first-order valence-electron chi connectivity index (χ1n) is 10.2. The van der Waals surface area contributed by atoms with E-state index in [0.717, 1.165) is 49.7 Å². The molecule has 2 aromatic rings. The van der Waals surface area contributed by atoms with Crippen LogP contribution in [0.4, 0.5) is 23.1 Å². The van der Waals surface area contributed by atoms with Gasteiger partial charge in [-0.2, -0.15) is 10.1 Å². The Kier molecular flexibility index (Phi) is 7.63. The number of aliphatic hydroxyl groups excluding tert-OH is 1. The van der Waals surface area contributed by atoms with E-state index in [1.807, 2.05) is 6.92 Å². The van der Waals surface area contributed by atoms with E-state index < -0.39 is 0 Å². The van der Waals surface area contributed by atoms with Crippen molar-refractivity contribution in [3.8, 4) is 0 Å². The molecule has 0 radical (unpaired) electrons. The first-order chi connectivity index (χ1) is 14.6. The van der Waals surface area contributed by atoms with E-state index >= 15 is 0 Å². The molecule has 1 fully saturated rings. The average Bonchev–Trinajstić information content (AvgIpc) is 2.73. The number of hydrogen-bond acceptors (Lipinski definition) is 10. The van der Waals surface area contributed by atoms with E-state index in [1.165, 1.54) is 5.69 Å². The molecule has 10 heteroatoms. The zero-order chi connectivity index (χ0) is 21.3. The van der Waals surface area contributed by atoms with Gasteiger partial charge in [0.2, 0.25) is 5.95 Å². The van der Waals surface area contributed by atoms with E-state index in [9.17, 15) is 0 Å². The van der Waals surface area contributed by atoms with Crippen LogP contribution in [0.2, 0.25) is 0 Å². The maximum absolute atomic E-state index is 8.70. The SMILES string of the molecule is Cc1nc(N)nc(N)c1N1CCN(c2ccc(/C=N/NCCNCCO)cc2)CC1. The van der Waals surface area contributed by atoms with E-state index in [4.69, 9.17) is 16.6 Å². The van der Waals surface area contributed by atoms with E-state index in [0.29, 0.717) is 18.9 Å². The number of hydrogen-bond donors (Lipinski definition) is 5. The van der Waals surface area contributed by atoms with Crippen LogP contribution in [0.25, 0.3) is 0 Å². The third-order valence-electron chi connectivity index (χ3n) is 4.96. The summed E-state index contributed by atoms with van der Waals surface area (Å²) in [6.45, 7) is 7.59. The minimum absolute atomic E-state index is 0.147. The Bertz CT molecular complexity index is 810. The van der Waals surface area contributed by atoms with Crippen molar-refractivity contribution in [1.29, 1.82) is 0 Å². The molecular weight excluding hydrogens is 382 g/mol. The van der Waals surface area contributed by atoms with Gasteiger partial charge in [0.1, 0.15) is 5.69 Å². The van der Waals surface area contributed by atoms with Gasteiger partial charge in [-0.25, -0.2) is 4.98 Å². The number of hydrazone groups is 1. The Morgan fingerprint density at radius 3 is 2.40 bits per heavy atom. The van der Waals surface area contributed by atoms with Gasteiger partial charge in [-0.15, -0.1) is 0 Å². The number of aliphatic hydroxyl groups is 1. The molecular formula is C20H31N9O. The van der Waals surface area contributed by atoms with Gasteiger partial charge in [0.15, 0.2) is 5.82 Å². The summed E-state index contributed by atoms with van der Waals surface area (Å²) < 4.78 is 0. The molecule has 1 aliphatic heterocycles. The van der Waals surface area contributed by atoms with Crippen molar-refractivity contribution >= 4 is 29.4 Å². The second-order valence-corrected chi connectivity index (χ2v) is 7.11. The smallest absolute Gasteiger partial charge is 0.222 e. The Balaban J connectivity index is 1.49. The molecule has 0 bridgehead atoms. The molecule has 1 aliphatic rings. The summed E-state index contributed by atoms with van der Waals surface area (Å²) in [6.07, 6.45) is 1.81. The van der Waals surface area contributed by atoms with Gasteiger partial charge < -0.3 is 37.1 Å². The number of aromatic nitrogens is 2. The van der Waals surface area contributed by atoms with Crippen molar-refractivity contribution in [1.82, 2.24) is 20.7 Å². The Morgan fingerprint density at radius 1 is 1.03 bits per heavy atom. The molecule has 0 saturated carbocycles. The average molecular weight is 414 g/mol.